The minimum absolute atomic E-state index is 0.150. The number of carbonyl (C=O) groups excluding carboxylic acids is 1. The minimum atomic E-state index is -0.189. The molecule has 9 heteroatoms. The van der Waals surface area contributed by atoms with Crippen LogP contribution >= 0.6 is 50.9 Å². The molecule has 0 bridgehead atoms. The Morgan fingerprint density at radius 3 is 2.44 bits per heavy atom. The largest absolute Gasteiger partial charge is 0.324 e. The van der Waals surface area contributed by atoms with E-state index in [2.05, 4.69) is 31.4 Å². The molecule has 0 spiro atoms. The Balaban J connectivity index is 1.60. The van der Waals surface area contributed by atoms with E-state index < -0.39 is 0 Å². The fraction of sp³-hybridized carbons (Fsp3) is 0.0870. The number of aromatic nitrogens is 3. The van der Waals surface area contributed by atoms with Gasteiger partial charge in [0.25, 0.3) is 0 Å². The molecule has 32 heavy (non-hydrogen) atoms. The molecule has 162 valence electrons. The summed E-state index contributed by atoms with van der Waals surface area (Å²) in [4.78, 5) is 12.6. The summed E-state index contributed by atoms with van der Waals surface area (Å²) in [5, 5.41) is 13.3. The highest BCUT2D eigenvalue weighted by Gasteiger charge is 2.18. The third kappa shape index (κ3) is 5.35. The van der Waals surface area contributed by atoms with Crippen molar-refractivity contribution in [3.63, 3.8) is 0 Å². The number of hydrogen-bond acceptors (Lipinski definition) is 4. The highest BCUT2D eigenvalue weighted by molar-refractivity contribution is 9.10. The summed E-state index contributed by atoms with van der Waals surface area (Å²) in [5.74, 6) is 0.631. The van der Waals surface area contributed by atoms with E-state index in [-0.39, 0.29) is 11.7 Å². The standard InChI is InChI=1S/C23H17BrCl2N4OS/c1-14-2-9-18(10-3-14)30-22(15-4-7-17(25)8-5-15)28-29-23(30)32-13-21(31)27-20-11-6-16(24)12-19(20)26/h2-12H,13H2,1H3,(H,27,31). The van der Waals surface area contributed by atoms with Crippen molar-refractivity contribution in [3.05, 3.63) is 86.8 Å². The van der Waals surface area contributed by atoms with Crippen LogP contribution in [0.1, 0.15) is 5.56 Å². The number of halogens is 3. The Morgan fingerprint density at radius 2 is 1.75 bits per heavy atom. The summed E-state index contributed by atoms with van der Waals surface area (Å²) in [5.41, 5.74) is 3.49. The van der Waals surface area contributed by atoms with Crippen molar-refractivity contribution in [2.24, 2.45) is 0 Å². The number of thioether (sulfide) groups is 1. The minimum Gasteiger partial charge on any atom is -0.324 e. The van der Waals surface area contributed by atoms with Gasteiger partial charge in [-0.25, -0.2) is 0 Å². The first-order valence-electron chi connectivity index (χ1n) is 9.57. The van der Waals surface area contributed by atoms with E-state index in [1.165, 1.54) is 11.8 Å². The first kappa shape index (κ1) is 22.9. The molecule has 3 aromatic carbocycles. The number of anilines is 1. The highest BCUT2D eigenvalue weighted by atomic mass is 79.9. The predicted molar refractivity (Wildman–Crippen MR) is 135 cm³/mol. The molecule has 0 saturated heterocycles. The number of nitrogens with one attached hydrogen (secondary N) is 1. The summed E-state index contributed by atoms with van der Waals surface area (Å²) in [6, 6.07) is 20.8. The van der Waals surface area contributed by atoms with Crippen molar-refractivity contribution in [1.29, 1.82) is 0 Å². The molecule has 1 amide bonds. The molecule has 1 N–H and O–H groups in total. The molecule has 4 aromatic rings. The molecule has 0 aliphatic heterocycles. The second kappa shape index (κ2) is 10.1. The lowest BCUT2D eigenvalue weighted by molar-refractivity contribution is -0.113. The number of hydrogen-bond donors (Lipinski definition) is 1. The summed E-state index contributed by atoms with van der Waals surface area (Å²) < 4.78 is 2.78. The summed E-state index contributed by atoms with van der Waals surface area (Å²) in [6.07, 6.45) is 0. The fourth-order valence-electron chi connectivity index (χ4n) is 2.98. The molecule has 1 heterocycles. The van der Waals surface area contributed by atoms with Crippen LogP contribution in [-0.4, -0.2) is 26.4 Å². The maximum Gasteiger partial charge on any atom is 0.234 e. The zero-order chi connectivity index (χ0) is 22.7. The van der Waals surface area contributed by atoms with Gasteiger partial charge in [0.2, 0.25) is 5.91 Å². The molecular formula is C23H17BrCl2N4OS. The Bertz CT molecular complexity index is 1260. The zero-order valence-corrected chi connectivity index (χ0v) is 20.8. The Hall–Kier alpha value is -2.32. The topological polar surface area (TPSA) is 59.8 Å². The Kier molecular flexibility index (Phi) is 7.20. The van der Waals surface area contributed by atoms with Crippen LogP contribution < -0.4 is 5.32 Å². The van der Waals surface area contributed by atoms with Gasteiger partial charge in [0.05, 0.1) is 16.5 Å². The SMILES string of the molecule is Cc1ccc(-n2c(SCC(=O)Nc3ccc(Br)cc3Cl)nnc2-c2ccc(Cl)cc2)cc1. The summed E-state index contributed by atoms with van der Waals surface area (Å²) >= 11 is 16.9. The molecule has 0 aliphatic carbocycles. The lowest BCUT2D eigenvalue weighted by Gasteiger charge is -2.11. The fourth-order valence-corrected chi connectivity index (χ4v) is 4.58. The van der Waals surface area contributed by atoms with Crippen molar-refractivity contribution < 1.29 is 4.79 Å². The van der Waals surface area contributed by atoms with Crippen LogP contribution in [0.3, 0.4) is 0 Å². The smallest absolute Gasteiger partial charge is 0.234 e. The first-order valence-corrected chi connectivity index (χ1v) is 12.1. The van der Waals surface area contributed by atoms with Crippen molar-refractivity contribution in [1.82, 2.24) is 14.8 Å². The molecule has 4 rings (SSSR count). The van der Waals surface area contributed by atoms with Crippen molar-refractivity contribution in [2.45, 2.75) is 12.1 Å². The predicted octanol–water partition coefficient (Wildman–Crippen LogP) is 7.04. The van der Waals surface area contributed by atoms with Gasteiger partial charge in [-0.2, -0.15) is 0 Å². The van der Waals surface area contributed by atoms with E-state index in [9.17, 15) is 4.79 Å². The van der Waals surface area contributed by atoms with E-state index >= 15 is 0 Å². The number of nitrogens with zero attached hydrogens (tertiary/aromatic N) is 3. The van der Waals surface area contributed by atoms with Crippen LogP contribution in [0.25, 0.3) is 17.1 Å². The number of aryl methyl sites for hydroxylation is 1. The van der Waals surface area contributed by atoms with E-state index in [1.807, 2.05) is 66.1 Å². The molecule has 0 aliphatic rings. The van der Waals surface area contributed by atoms with Crippen LogP contribution in [0, 0.1) is 6.92 Å². The average Bonchev–Trinajstić information content (AvgIpc) is 3.19. The quantitative estimate of drug-likeness (QED) is 0.263. The number of benzene rings is 3. The first-order chi connectivity index (χ1) is 15.4. The monoisotopic (exact) mass is 546 g/mol. The summed E-state index contributed by atoms with van der Waals surface area (Å²) in [7, 11) is 0. The summed E-state index contributed by atoms with van der Waals surface area (Å²) in [6.45, 7) is 2.03. The van der Waals surface area contributed by atoms with E-state index in [4.69, 9.17) is 23.2 Å². The number of rotatable bonds is 6. The lowest BCUT2D eigenvalue weighted by atomic mass is 10.2. The van der Waals surface area contributed by atoms with Gasteiger partial charge in [-0.3, -0.25) is 9.36 Å². The second-order valence-electron chi connectivity index (χ2n) is 6.95. The maximum absolute atomic E-state index is 12.6. The second-order valence-corrected chi connectivity index (χ2v) is 9.65. The van der Waals surface area contributed by atoms with Crippen molar-refractivity contribution in [3.8, 4) is 17.1 Å². The molecule has 0 radical (unpaired) electrons. The molecule has 0 atom stereocenters. The molecule has 0 unspecified atom stereocenters. The number of amides is 1. The van der Waals surface area contributed by atoms with Gasteiger partial charge in [0.15, 0.2) is 11.0 Å². The van der Waals surface area contributed by atoms with E-state index in [0.717, 1.165) is 21.3 Å². The molecule has 1 aromatic heterocycles. The molecular weight excluding hydrogens is 531 g/mol. The van der Waals surface area contributed by atoms with Crippen LogP contribution in [0.15, 0.2) is 76.4 Å². The van der Waals surface area contributed by atoms with Gasteiger partial charge in [-0.15, -0.1) is 10.2 Å². The molecule has 5 nitrogen and oxygen atoms in total. The average molecular weight is 548 g/mol. The van der Waals surface area contributed by atoms with Gasteiger partial charge in [-0.05, 0) is 61.5 Å². The highest BCUT2D eigenvalue weighted by Crippen LogP contribution is 2.30. The zero-order valence-electron chi connectivity index (χ0n) is 16.8. The molecule has 0 saturated carbocycles. The van der Waals surface area contributed by atoms with Crippen molar-refractivity contribution in [2.75, 3.05) is 11.1 Å². The maximum atomic E-state index is 12.6. The Morgan fingerprint density at radius 1 is 1.03 bits per heavy atom. The Labute approximate surface area is 208 Å². The van der Waals surface area contributed by atoms with Gasteiger partial charge >= 0.3 is 0 Å². The normalized spacial score (nSPS) is 10.9. The number of carbonyl (C=O) groups is 1. The van der Waals surface area contributed by atoms with Crippen LogP contribution in [0.4, 0.5) is 5.69 Å². The van der Waals surface area contributed by atoms with Gasteiger partial charge < -0.3 is 5.32 Å². The van der Waals surface area contributed by atoms with Crippen LogP contribution in [0.5, 0.6) is 0 Å². The van der Waals surface area contributed by atoms with Gasteiger partial charge in [0.1, 0.15) is 0 Å². The van der Waals surface area contributed by atoms with E-state index in [0.29, 0.717) is 26.7 Å². The molecule has 0 fully saturated rings. The van der Waals surface area contributed by atoms with Crippen molar-refractivity contribution >= 4 is 62.5 Å². The van der Waals surface area contributed by atoms with E-state index in [1.54, 1.807) is 12.1 Å². The van der Waals surface area contributed by atoms with Gasteiger partial charge in [0, 0.05) is 20.7 Å². The van der Waals surface area contributed by atoms with Gasteiger partial charge in [-0.1, -0.05) is 68.6 Å². The lowest BCUT2D eigenvalue weighted by Crippen LogP contribution is -2.15. The third-order valence-corrected chi connectivity index (χ3v) is 6.55. The van der Waals surface area contributed by atoms with Crippen LogP contribution in [0.2, 0.25) is 10.0 Å². The third-order valence-electron chi connectivity index (χ3n) is 4.57. The van der Waals surface area contributed by atoms with Crippen LogP contribution in [-0.2, 0) is 4.79 Å².